The van der Waals surface area contributed by atoms with E-state index >= 15 is 0 Å². The molecule has 0 radical (unpaired) electrons. The molecule has 6 heteroatoms. The van der Waals surface area contributed by atoms with E-state index in [0.717, 1.165) is 5.69 Å². The molecule has 0 saturated heterocycles. The van der Waals surface area contributed by atoms with Crippen molar-refractivity contribution in [2.75, 3.05) is 25.6 Å². The number of benzene rings is 1. The molecule has 0 saturated carbocycles. The second kappa shape index (κ2) is 5.26. The third-order valence-electron chi connectivity index (χ3n) is 3.10. The molecule has 102 valence electrons. The molecule has 0 unspecified atom stereocenters. The van der Waals surface area contributed by atoms with E-state index in [0.29, 0.717) is 0 Å². The largest absolute Gasteiger partial charge is 0.394 e. The fourth-order valence-electron chi connectivity index (χ4n) is 1.42. The van der Waals surface area contributed by atoms with Gasteiger partial charge in [0.1, 0.15) is 0 Å². The molecule has 1 aromatic rings. The van der Waals surface area contributed by atoms with Gasteiger partial charge in [-0.05, 0) is 45.2 Å². The molecular formula is C12H20N2O3S. The molecule has 0 fully saturated rings. The Labute approximate surface area is 108 Å². The van der Waals surface area contributed by atoms with Crippen molar-refractivity contribution in [1.82, 2.24) is 4.72 Å². The summed E-state index contributed by atoms with van der Waals surface area (Å²) >= 11 is 0. The Morgan fingerprint density at radius 3 is 2.17 bits per heavy atom. The van der Waals surface area contributed by atoms with Gasteiger partial charge in [0.25, 0.3) is 0 Å². The van der Waals surface area contributed by atoms with Gasteiger partial charge < -0.3 is 10.0 Å². The lowest BCUT2D eigenvalue weighted by molar-refractivity contribution is 0.216. The topological polar surface area (TPSA) is 69.6 Å². The van der Waals surface area contributed by atoms with Gasteiger partial charge in [-0.1, -0.05) is 0 Å². The number of likely N-dealkylation sites (N-methyl/N-ethyl adjacent to an activating group) is 1. The lowest BCUT2D eigenvalue weighted by Crippen LogP contribution is -2.44. The van der Waals surface area contributed by atoms with Gasteiger partial charge in [0.15, 0.2) is 0 Å². The fourth-order valence-corrected chi connectivity index (χ4v) is 2.15. The summed E-state index contributed by atoms with van der Waals surface area (Å²) in [4.78, 5) is 2.13. The minimum atomic E-state index is -3.40. The first kappa shape index (κ1) is 14.9. The molecule has 0 aliphatic heterocycles. The van der Waals surface area contributed by atoms with Crippen molar-refractivity contribution >= 4 is 15.7 Å². The summed E-state index contributed by atoms with van der Waals surface area (Å²) in [7, 11) is -0.161. The summed E-state index contributed by atoms with van der Waals surface area (Å²) < 4.78 is 25.4. The van der Waals surface area contributed by atoms with Crippen molar-refractivity contribution in [2.24, 2.45) is 0 Å². The predicted molar refractivity (Wildman–Crippen MR) is 72.3 cm³/mol. The van der Waals surface area contributed by atoms with Crippen LogP contribution >= 0.6 is 0 Å². The molecule has 18 heavy (non-hydrogen) atoms. The van der Waals surface area contributed by atoms with Gasteiger partial charge in [0.05, 0.1) is 17.0 Å². The summed E-state index contributed by atoms with van der Waals surface area (Å²) in [6.07, 6.45) is 0. The first-order chi connectivity index (χ1) is 8.24. The molecule has 0 aliphatic rings. The van der Waals surface area contributed by atoms with E-state index < -0.39 is 15.6 Å². The number of hydrogen-bond donors (Lipinski definition) is 2. The SMILES string of the molecule is CNS(=O)(=O)c1ccc(N(C)C(C)(C)CO)cc1. The Morgan fingerprint density at radius 1 is 1.28 bits per heavy atom. The molecule has 0 heterocycles. The number of aliphatic hydroxyl groups excluding tert-OH is 1. The maximum Gasteiger partial charge on any atom is 0.240 e. The second-order valence-electron chi connectivity index (χ2n) is 4.73. The molecular weight excluding hydrogens is 252 g/mol. The van der Waals surface area contributed by atoms with Crippen LogP contribution in [-0.2, 0) is 10.0 Å². The van der Waals surface area contributed by atoms with Gasteiger partial charge in [-0.2, -0.15) is 0 Å². The van der Waals surface area contributed by atoms with Crippen LogP contribution in [0.1, 0.15) is 13.8 Å². The molecule has 2 N–H and O–H groups in total. The van der Waals surface area contributed by atoms with E-state index in [9.17, 15) is 13.5 Å². The van der Waals surface area contributed by atoms with E-state index in [-0.39, 0.29) is 11.5 Å². The molecule has 5 nitrogen and oxygen atoms in total. The highest BCUT2D eigenvalue weighted by Crippen LogP contribution is 2.23. The van der Waals surface area contributed by atoms with Crippen molar-refractivity contribution in [1.29, 1.82) is 0 Å². The molecule has 0 spiro atoms. The van der Waals surface area contributed by atoms with Crippen LogP contribution in [0.25, 0.3) is 0 Å². The predicted octanol–water partition coefficient (Wildman–Crippen LogP) is 0.802. The first-order valence-electron chi connectivity index (χ1n) is 5.63. The Bertz CT molecular complexity index is 495. The van der Waals surface area contributed by atoms with Crippen LogP contribution in [0.3, 0.4) is 0 Å². The van der Waals surface area contributed by atoms with Crippen molar-refractivity contribution in [3.05, 3.63) is 24.3 Å². The third kappa shape index (κ3) is 3.01. The summed E-state index contributed by atoms with van der Waals surface area (Å²) in [6, 6.07) is 6.54. The van der Waals surface area contributed by atoms with Gasteiger partial charge in [0.2, 0.25) is 10.0 Å². The zero-order valence-electron chi connectivity index (χ0n) is 11.1. The summed E-state index contributed by atoms with van der Waals surface area (Å²) in [6.45, 7) is 3.83. The summed E-state index contributed by atoms with van der Waals surface area (Å²) in [5, 5.41) is 9.30. The molecule has 0 amide bonds. The maximum atomic E-state index is 11.6. The zero-order valence-corrected chi connectivity index (χ0v) is 12.0. The van der Waals surface area contributed by atoms with Gasteiger partial charge in [-0.25, -0.2) is 13.1 Å². The van der Waals surface area contributed by atoms with Crippen LogP contribution < -0.4 is 9.62 Å². The second-order valence-corrected chi connectivity index (χ2v) is 6.62. The monoisotopic (exact) mass is 272 g/mol. The van der Waals surface area contributed by atoms with Crippen molar-refractivity contribution in [3.8, 4) is 0 Å². The van der Waals surface area contributed by atoms with E-state index in [4.69, 9.17) is 0 Å². The number of sulfonamides is 1. The summed E-state index contributed by atoms with van der Waals surface area (Å²) in [5.41, 5.74) is 0.452. The maximum absolute atomic E-state index is 11.6. The van der Waals surface area contributed by atoms with E-state index in [1.807, 2.05) is 25.8 Å². The van der Waals surface area contributed by atoms with Crippen molar-refractivity contribution in [3.63, 3.8) is 0 Å². The Morgan fingerprint density at radius 2 is 1.78 bits per heavy atom. The molecule has 0 atom stereocenters. The van der Waals surface area contributed by atoms with Crippen molar-refractivity contribution < 1.29 is 13.5 Å². The van der Waals surface area contributed by atoms with Gasteiger partial charge >= 0.3 is 0 Å². The third-order valence-corrected chi connectivity index (χ3v) is 4.53. The highest BCUT2D eigenvalue weighted by Gasteiger charge is 2.23. The lowest BCUT2D eigenvalue weighted by Gasteiger charge is -2.35. The van der Waals surface area contributed by atoms with Crippen LogP contribution in [0, 0.1) is 0 Å². The Kier molecular flexibility index (Phi) is 4.37. The van der Waals surface area contributed by atoms with Crippen LogP contribution in [0.5, 0.6) is 0 Å². The minimum absolute atomic E-state index is 0.0140. The standard InChI is InChI=1S/C12H20N2O3S/c1-12(2,9-15)14(4)10-5-7-11(8-6-10)18(16,17)13-3/h5-8,13,15H,9H2,1-4H3. The highest BCUT2D eigenvalue weighted by molar-refractivity contribution is 7.89. The van der Waals surface area contributed by atoms with Crippen molar-refractivity contribution in [2.45, 2.75) is 24.3 Å². The van der Waals surface area contributed by atoms with Gasteiger partial charge in [-0.3, -0.25) is 0 Å². The smallest absolute Gasteiger partial charge is 0.240 e. The van der Waals surface area contributed by atoms with Gasteiger partial charge in [0, 0.05) is 12.7 Å². The molecule has 1 rings (SSSR count). The normalized spacial score (nSPS) is 12.5. The van der Waals surface area contributed by atoms with Crippen LogP contribution in [0.15, 0.2) is 29.2 Å². The summed E-state index contributed by atoms with van der Waals surface area (Å²) in [5.74, 6) is 0. The first-order valence-corrected chi connectivity index (χ1v) is 7.11. The number of rotatable bonds is 5. The lowest BCUT2D eigenvalue weighted by atomic mass is 10.0. The number of aliphatic hydroxyl groups is 1. The number of anilines is 1. The van der Waals surface area contributed by atoms with Gasteiger partial charge in [-0.15, -0.1) is 0 Å². The minimum Gasteiger partial charge on any atom is -0.394 e. The molecule has 0 bridgehead atoms. The van der Waals surface area contributed by atoms with Crippen LogP contribution in [0.4, 0.5) is 5.69 Å². The Hall–Kier alpha value is -1.11. The molecule has 1 aromatic carbocycles. The molecule has 0 aromatic heterocycles. The van der Waals surface area contributed by atoms with Crippen LogP contribution in [0.2, 0.25) is 0 Å². The number of hydrogen-bond acceptors (Lipinski definition) is 4. The fraction of sp³-hybridized carbons (Fsp3) is 0.500. The van der Waals surface area contributed by atoms with E-state index in [2.05, 4.69) is 4.72 Å². The molecule has 0 aliphatic carbocycles. The average Bonchev–Trinajstić information content (AvgIpc) is 2.38. The number of nitrogens with zero attached hydrogens (tertiary/aromatic N) is 1. The van der Waals surface area contributed by atoms with Crippen LogP contribution in [-0.4, -0.2) is 39.8 Å². The van der Waals surface area contributed by atoms with E-state index in [1.165, 1.54) is 7.05 Å². The quantitative estimate of drug-likeness (QED) is 0.832. The van der Waals surface area contributed by atoms with E-state index in [1.54, 1.807) is 24.3 Å². The highest BCUT2D eigenvalue weighted by atomic mass is 32.2. The Balaban J connectivity index is 3.04. The average molecular weight is 272 g/mol. The number of nitrogens with one attached hydrogen (secondary N) is 1. The zero-order chi connectivity index (χ0) is 14.0.